The number of hydrogen-bond acceptors (Lipinski definition) is 2. The van der Waals surface area contributed by atoms with Crippen LogP contribution in [0.2, 0.25) is 5.02 Å². The Bertz CT molecular complexity index is 618. The molecule has 0 radical (unpaired) electrons. The van der Waals surface area contributed by atoms with Gasteiger partial charge in [0.05, 0.1) is 16.3 Å². The Hall–Kier alpha value is -1.88. The molecule has 1 heterocycles. The molecular formula is C12H10ClFN2O2. The van der Waals surface area contributed by atoms with E-state index in [0.717, 1.165) is 11.8 Å². The Morgan fingerprint density at radius 1 is 1.44 bits per heavy atom. The molecule has 1 aromatic carbocycles. The molecule has 6 heteroatoms. The topological polar surface area (TPSA) is 55.1 Å². The third-order valence-electron chi connectivity index (χ3n) is 2.68. The Balaban J connectivity index is 2.64. The largest absolute Gasteiger partial charge is 0.478 e. The highest BCUT2D eigenvalue weighted by Gasteiger charge is 2.16. The van der Waals surface area contributed by atoms with Crippen molar-refractivity contribution in [2.45, 2.75) is 6.92 Å². The lowest BCUT2D eigenvalue weighted by atomic mass is 10.1. The maximum absolute atomic E-state index is 13.8. The molecule has 0 bridgehead atoms. The van der Waals surface area contributed by atoms with Gasteiger partial charge in [0.2, 0.25) is 0 Å². The highest BCUT2D eigenvalue weighted by Crippen LogP contribution is 2.28. The number of aromatic carboxylic acids is 1. The van der Waals surface area contributed by atoms with E-state index in [1.807, 2.05) is 6.92 Å². The van der Waals surface area contributed by atoms with Gasteiger partial charge in [-0.25, -0.2) is 9.18 Å². The van der Waals surface area contributed by atoms with Crippen molar-refractivity contribution in [3.63, 3.8) is 0 Å². The van der Waals surface area contributed by atoms with Crippen LogP contribution in [0, 0.1) is 12.7 Å². The smallest absolute Gasteiger partial charge is 0.337 e. The maximum atomic E-state index is 13.8. The molecule has 2 aromatic rings. The lowest BCUT2D eigenvalue weighted by Crippen LogP contribution is -2.00. The third-order valence-corrected chi connectivity index (χ3v) is 2.99. The van der Waals surface area contributed by atoms with Gasteiger partial charge in [0.1, 0.15) is 5.82 Å². The fourth-order valence-corrected chi connectivity index (χ4v) is 1.83. The molecule has 0 aliphatic heterocycles. The van der Waals surface area contributed by atoms with Crippen LogP contribution in [-0.2, 0) is 7.05 Å². The molecule has 0 saturated heterocycles. The van der Waals surface area contributed by atoms with E-state index < -0.39 is 11.8 Å². The summed E-state index contributed by atoms with van der Waals surface area (Å²) in [7, 11) is 1.73. The number of aryl methyl sites for hydroxylation is 2. The second-order valence-electron chi connectivity index (χ2n) is 3.91. The molecule has 0 aliphatic carbocycles. The Labute approximate surface area is 108 Å². The van der Waals surface area contributed by atoms with Crippen LogP contribution in [0.1, 0.15) is 16.1 Å². The Morgan fingerprint density at radius 3 is 2.61 bits per heavy atom. The second-order valence-corrected chi connectivity index (χ2v) is 4.32. The molecule has 4 nitrogen and oxygen atoms in total. The van der Waals surface area contributed by atoms with Crippen LogP contribution in [0.3, 0.4) is 0 Å². The van der Waals surface area contributed by atoms with E-state index in [9.17, 15) is 9.18 Å². The molecule has 2 rings (SSSR count). The standard InChI is InChI=1S/C12H10ClFN2O2/c1-6-3-11(15-16(6)2)8-4-7(12(17)18)9(13)5-10(8)14/h3-5H,1-2H3,(H,17,18). The van der Waals surface area contributed by atoms with Crippen molar-refractivity contribution in [2.75, 3.05) is 0 Å². The van der Waals surface area contributed by atoms with Crippen molar-refractivity contribution < 1.29 is 14.3 Å². The number of carbonyl (C=O) groups is 1. The van der Waals surface area contributed by atoms with Crippen LogP contribution >= 0.6 is 11.6 Å². The fourth-order valence-electron chi connectivity index (χ4n) is 1.60. The van der Waals surface area contributed by atoms with Crippen molar-refractivity contribution in [2.24, 2.45) is 7.05 Å². The Morgan fingerprint density at radius 2 is 2.11 bits per heavy atom. The van der Waals surface area contributed by atoms with Crippen LogP contribution < -0.4 is 0 Å². The van der Waals surface area contributed by atoms with Gasteiger partial charge in [-0.05, 0) is 25.1 Å². The van der Waals surface area contributed by atoms with E-state index in [0.29, 0.717) is 5.69 Å². The molecule has 1 N–H and O–H groups in total. The lowest BCUT2D eigenvalue weighted by molar-refractivity contribution is 0.0697. The Kier molecular flexibility index (Phi) is 3.09. The van der Waals surface area contributed by atoms with Gasteiger partial charge in [-0.1, -0.05) is 11.6 Å². The number of aromatic nitrogens is 2. The monoisotopic (exact) mass is 268 g/mol. The molecular weight excluding hydrogens is 259 g/mol. The summed E-state index contributed by atoms with van der Waals surface area (Å²) < 4.78 is 15.4. The van der Waals surface area contributed by atoms with Gasteiger partial charge < -0.3 is 5.11 Å². The summed E-state index contributed by atoms with van der Waals surface area (Å²) in [5.41, 5.74) is 1.21. The predicted octanol–water partition coefficient (Wildman–Crippen LogP) is 2.89. The van der Waals surface area contributed by atoms with Crippen LogP contribution in [-0.4, -0.2) is 20.9 Å². The van der Waals surface area contributed by atoms with Crippen molar-refractivity contribution >= 4 is 17.6 Å². The van der Waals surface area contributed by atoms with Gasteiger partial charge in [-0.15, -0.1) is 0 Å². The van der Waals surface area contributed by atoms with Crippen molar-refractivity contribution in [1.82, 2.24) is 9.78 Å². The molecule has 0 unspecified atom stereocenters. The molecule has 94 valence electrons. The van der Waals surface area contributed by atoms with Gasteiger partial charge in [0, 0.05) is 18.3 Å². The average molecular weight is 269 g/mol. The van der Waals surface area contributed by atoms with Gasteiger partial charge in [0.25, 0.3) is 0 Å². The SMILES string of the molecule is Cc1cc(-c2cc(C(=O)O)c(Cl)cc2F)nn1C. The van der Waals surface area contributed by atoms with E-state index in [4.69, 9.17) is 16.7 Å². The first-order valence-corrected chi connectivity index (χ1v) is 5.51. The van der Waals surface area contributed by atoms with E-state index >= 15 is 0 Å². The van der Waals surface area contributed by atoms with Crippen LogP contribution in [0.25, 0.3) is 11.3 Å². The van der Waals surface area contributed by atoms with Gasteiger partial charge in [-0.3, -0.25) is 4.68 Å². The molecule has 1 aromatic heterocycles. The third kappa shape index (κ3) is 2.09. The quantitative estimate of drug-likeness (QED) is 0.911. The van der Waals surface area contributed by atoms with E-state index in [1.54, 1.807) is 17.8 Å². The molecule has 0 amide bonds. The second kappa shape index (κ2) is 4.42. The zero-order valence-corrected chi connectivity index (χ0v) is 10.5. The summed E-state index contributed by atoms with van der Waals surface area (Å²) in [5, 5.41) is 12.9. The summed E-state index contributed by atoms with van der Waals surface area (Å²) in [6, 6.07) is 3.87. The minimum absolute atomic E-state index is 0.125. The number of carboxylic acids is 1. The zero-order valence-electron chi connectivity index (χ0n) is 9.74. The van der Waals surface area contributed by atoms with E-state index in [2.05, 4.69) is 5.10 Å². The number of halogens is 2. The highest BCUT2D eigenvalue weighted by molar-refractivity contribution is 6.33. The number of hydrogen-bond donors (Lipinski definition) is 1. The first-order valence-electron chi connectivity index (χ1n) is 5.13. The lowest BCUT2D eigenvalue weighted by Gasteiger charge is -2.04. The van der Waals surface area contributed by atoms with Gasteiger partial charge >= 0.3 is 5.97 Å². The van der Waals surface area contributed by atoms with E-state index in [-0.39, 0.29) is 16.1 Å². The van der Waals surface area contributed by atoms with Gasteiger partial charge in [0.15, 0.2) is 0 Å². The average Bonchev–Trinajstić information content (AvgIpc) is 2.58. The summed E-state index contributed by atoms with van der Waals surface area (Å²) in [6.07, 6.45) is 0. The predicted molar refractivity (Wildman–Crippen MR) is 65.3 cm³/mol. The van der Waals surface area contributed by atoms with Crippen molar-refractivity contribution in [1.29, 1.82) is 0 Å². The molecule has 0 aliphatic rings. The first-order chi connectivity index (χ1) is 8.40. The number of carboxylic acid groups (broad SMARTS) is 1. The summed E-state index contributed by atoms with van der Waals surface area (Å²) >= 11 is 5.67. The molecule has 0 atom stereocenters. The maximum Gasteiger partial charge on any atom is 0.337 e. The van der Waals surface area contributed by atoms with Crippen LogP contribution in [0.4, 0.5) is 4.39 Å². The molecule has 18 heavy (non-hydrogen) atoms. The molecule has 0 saturated carbocycles. The minimum atomic E-state index is -1.20. The molecule has 0 spiro atoms. The number of benzene rings is 1. The minimum Gasteiger partial charge on any atom is -0.478 e. The normalized spacial score (nSPS) is 10.7. The first kappa shape index (κ1) is 12.6. The van der Waals surface area contributed by atoms with Crippen LogP contribution in [0.5, 0.6) is 0 Å². The van der Waals surface area contributed by atoms with E-state index in [1.165, 1.54) is 6.07 Å². The summed E-state index contributed by atoms with van der Waals surface area (Å²) in [5.74, 6) is -1.79. The summed E-state index contributed by atoms with van der Waals surface area (Å²) in [6.45, 7) is 1.82. The highest BCUT2D eigenvalue weighted by atomic mass is 35.5. The van der Waals surface area contributed by atoms with Crippen molar-refractivity contribution in [3.05, 3.63) is 40.3 Å². The number of nitrogens with zero attached hydrogens (tertiary/aromatic N) is 2. The van der Waals surface area contributed by atoms with Crippen molar-refractivity contribution in [3.8, 4) is 11.3 Å². The summed E-state index contributed by atoms with van der Waals surface area (Å²) in [4.78, 5) is 11.0. The van der Waals surface area contributed by atoms with Crippen LogP contribution in [0.15, 0.2) is 18.2 Å². The zero-order chi connectivity index (χ0) is 13.4. The number of rotatable bonds is 2. The fraction of sp³-hybridized carbons (Fsp3) is 0.167. The van der Waals surface area contributed by atoms with Gasteiger partial charge in [-0.2, -0.15) is 5.10 Å². The molecule has 0 fully saturated rings.